The Morgan fingerprint density at radius 3 is 2.48 bits per heavy atom. The Morgan fingerprint density at radius 1 is 1.10 bits per heavy atom. The number of carbonyl (C=O) groups is 3. The summed E-state index contributed by atoms with van der Waals surface area (Å²) in [6, 6.07) is 14.0. The molecule has 162 valence electrons. The topological polar surface area (TPSA) is 134 Å². The summed E-state index contributed by atoms with van der Waals surface area (Å²) in [5.74, 6) is -1.08. The largest absolute Gasteiger partial charge is 0.486 e. The van der Waals surface area contributed by atoms with E-state index in [1.807, 2.05) is 30.3 Å². The molecule has 2 aromatic carbocycles. The first kappa shape index (κ1) is 21.8. The van der Waals surface area contributed by atoms with Crippen LogP contribution in [0.1, 0.15) is 11.1 Å². The van der Waals surface area contributed by atoms with Gasteiger partial charge in [-0.15, -0.1) is 0 Å². The molecule has 9 heteroatoms. The van der Waals surface area contributed by atoms with Crippen molar-refractivity contribution in [2.75, 3.05) is 18.5 Å². The highest BCUT2D eigenvalue weighted by Crippen LogP contribution is 2.41. The number of benzene rings is 2. The van der Waals surface area contributed by atoms with Gasteiger partial charge in [-0.25, -0.2) is 9.59 Å². The van der Waals surface area contributed by atoms with E-state index >= 15 is 0 Å². The average molecular weight is 426 g/mol. The van der Waals surface area contributed by atoms with Gasteiger partial charge in [0, 0.05) is 36.5 Å². The summed E-state index contributed by atoms with van der Waals surface area (Å²) in [6.45, 7) is 1.99. The molecular weight excluding hydrogens is 404 g/mol. The van der Waals surface area contributed by atoms with E-state index in [0.29, 0.717) is 37.5 Å². The Balaban J connectivity index is 0.000000293. The van der Waals surface area contributed by atoms with E-state index in [1.54, 1.807) is 0 Å². The maximum Gasteiger partial charge on any atom is 0.328 e. The molecule has 2 aliphatic rings. The van der Waals surface area contributed by atoms with Crippen LogP contribution in [0.4, 0.5) is 5.69 Å². The zero-order valence-corrected chi connectivity index (χ0v) is 16.5. The minimum Gasteiger partial charge on any atom is -0.486 e. The molecule has 4 rings (SSSR count). The van der Waals surface area contributed by atoms with Gasteiger partial charge >= 0.3 is 11.9 Å². The van der Waals surface area contributed by atoms with Crippen molar-refractivity contribution in [3.8, 4) is 11.5 Å². The summed E-state index contributed by atoms with van der Waals surface area (Å²) in [5, 5.41) is 21.9. The summed E-state index contributed by atoms with van der Waals surface area (Å²) in [5.41, 5.74) is 2.97. The fraction of sp³-hybridized carbons (Fsp3) is 0.227. The quantitative estimate of drug-likeness (QED) is 0.514. The number of anilines is 1. The highest BCUT2D eigenvalue weighted by Gasteiger charge is 2.29. The van der Waals surface area contributed by atoms with Crippen molar-refractivity contribution in [1.29, 1.82) is 0 Å². The lowest BCUT2D eigenvalue weighted by molar-refractivity contribution is -0.134. The zero-order valence-electron chi connectivity index (χ0n) is 16.5. The minimum atomic E-state index is -1.26. The van der Waals surface area contributed by atoms with Crippen molar-refractivity contribution in [1.82, 2.24) is 5.32 Å². The molecule has 2 aromatic rings. The van der Waals surface area contributed by atoms with Gasteiger partial charge in [-0.2, -0.15) is 0 Å². The number of nitrogens with one attached hydrogen (secondary N) is 2. The Bertz CT molecular complexity index is 973. The second-order valence-corrected chi connectivity index (χ2v) is 6.82. The maximum atomic E-state index is 11.6. The van der Waals surface area contributed by atoms with E-state index in [9.17, 15) is 14.4 Å². The van der Waals surface area contributed by atoms with Gasteiger partial charge in [-0.3, -0.25) is 4.79 Å². The van der Waals surface area contributed by atoms with Crippen LogP contribution in [0.25, 0.3) is 0 Å². The van der Waals surface area contributed by atoms with E-state index in [0.717, 1.165) is 23.5 Å². The van der Waals surface area contributed by atoms with Crippen molar-refractivity contribution in [3.05, 3.63) is 65.7 Å². The number of ether oxygens (including phenoxy) is 2. The van der Waals surface area contributed by atoms with E-state index in [-0.39, 0.29) is 12.0 Å². The number of carbonyl (C=O) groups excluding carboxylic acids is 1. The molecule has 0 spiro atoms. The van der Waals surface area contributed by atoms with Crippen LogP contribution in [0.5, 0.6) is 11.5 Å². The molecule has 4 N–H and O–H groups in total. The fourth-order valence-electron chi connectivity index (χ4n) is 3.10. The normalized spacial score (nSPS) is 16.1. The van der Waals surface area contributed by atoms with Crippen molar-refractivity contribution < 1.29 is 34.1 Å². The first-order valence-corrected chi connectivity index (χ1v) is 9.56. The van der Waals surface area contributed by atoms with E-state index in [2.05, 4.69) is 22.8 Å². The van der Waals surface area contributed by atoms with E-state index in [4.69, 9.17) is 19.7 Å². The highest BCUT2D eigenvalue weighted by molar-refractivity contribution is 6.00. The van der Waals surface area contributed by atoms with Gasteiger partial charge in [-0.1, -0.05) is 30.3 Å². The summed E-state index contributed by atoms with van der Waals surface area (Å²) in [4.78, 5) is 30.7. The van der Waals surface area contributed by atoms with Crippen LogP contribution in [-0.4, -0.2) is 47.3 Å². The van der Waals surface area contributed by atoms with Gasteiger partial charge in [0.15, 0.2) is 11.5 Å². The molecule has 0 fully saturated rings. The second kappa shape index (κ2) is 10.3. The van der Waals surface area contributed by atoms with Crippen LogP contribution >= 0.6 is 0 Å². The minimum absolute atomic E-state index is 0.00123. The van der Waals surface area contributed by atoms with Crippen molar-refractivity contribution in [3.63, 3.8) is 0 Å². The summed E-state index contributed by atoms with van der Waals surface area (Å²) in [6.07, 6.45) is 1.41. The van der Waals surface area contributed by atoms with Crippen molar-refractivity contribution in [2.45, 2.75) is 19.1 Å². The van der Waals surface area contributed by atoms with Crippen LogP contribution in [0, 0.1) is 0 Å². The third-order valence-electron chi connectivity index (χ3n) is 4.46. The van der Waals surface area contributed by atoms with Gasteiger partial charge < -0.3 is 30.3 Å². The van der Waals surface area contributed by atoms with Crippen molar-refractivity contribution >= 4 is 23.5 Å². The van der Waals surface area contributed by atoms with Gasteiger partial charge in [0.05, 0.1) is 6.42 Å². The Labute approximate surface area is 178 Å². The zero-order chi connectivity index (χ0) is 22.2. The predicted molar refractivity (Wildman–Crippen MR) is 111 cm³/mol. The Kier molecular flexibility index (Phi) is 7.23. The van der Waals surface area contributed by atoms with Crippen LogP contribution in [0.2, 0.25) is 0 Å². The molecule has 2 aliphatic heterocycles. The maximum absolute atomic E-state index is 11.6. The number of aliphatic carboxylic acids is 2. The molecule has 1 unspecified atom stereocenters. The number of hydrogen-bond donors (Lipinski definition) is 4. The third-order valence-corrected chi connectivity index (χ3v) is 4.46. The number of hydrogen-bond acceptors (Lipinski definition) is 6. The van der Waals surface area contributed by atoms with Crippen LogP contribution < -0.4 is 20.1 Å². The lowest BCUT2D eigenvalue weighted by Gasteiger charge is -2.28. The molecule has 1 amide bonds. The molecule has 0 saturated carbocycles. The summed E-state index contributed by atoms with van der Waals surface area (Å²) >= 11 is 0. The molecule has 1 atom stereocenters. The van der Waals surface area contributed by atoms with Crippen LogP contribution in [-0.2, 0) is 27.3 Å². The van der Waals surface area contributed by atoms with Gasteiger partial charge in [0.25, 0.3) is 0 Å². The molecule has 0 bridgehead atoms. The van der Waals surface area contributed by atoms with Crippen LogP contribution in [0.3, 0.4) is 0 Å². The lowest BCUT2D eigenvalue weighted by Crippen LogP contribution is -2.38. The first-order valence-electron chi connectivity index (χ1n) is 9.56. The molecular formula is C22H22N2O7. The molecule has 0 aliphatic carbocycles. The summed E-state index contributed by atoms with van der Waals surface area (Å²) < 4.78 is 11.9. The molecule has 0 radical (unpaired) electrons. The van der Waals surface area contributed by atoms with E-state index < -0.39 is 11.9 Å². The first-order chi connectivity index (χ1) is 14.9. The number of carboxylic acids is 2. The second-order valence-electron chi connectivity index (χ2n) is 6.82. The standard InChI is InChI=1S/C18H18N2O3.C4H4O4/c21-17-8-14-15(20-17)6-7-16-18(14)23-13(11-22-16)10-19-9-12-4-2-1-3-5-12;5-3(6)1-2-4(7)8/h1-7,13,19H,8-11H2,(H,20,21);1-2H,(H,5,6)(H,7,8)/b;2-1+. The SMILES string of the molecule is O=C(O)/C=C/C(=O)O.O=C1Cc2c(ccc3c2OC(CNCc2ccccc2)CO3)N1. The smallest absolute Gasteiger partial charge is 0.328 e. The Hall–Kier alpha value is -3.85. The molecule has 31 heavy (non-hydrogen) atoms. The predicted octanol–water partition coefficient (Wildman–Crippen LogP) is 1.82. The number of fused-ring (bicyclic) bond motifs is 3. The van der Waals surface area contributed by atoms with Gasteiger partial charge in [-0.05, 0) is 17.7 Å². The number of carboxylic acid groups (broad SMARTS) is 2. The monoisotopic (exact) mass is 426 g/mol. The molecule has 2 heterocycles. The lowest BCUT2D eigenvalue weighted by atomic mass is 10.1. The molecule has 0 saturated heterocycles. The number of rotatable bonds is 6. The van der Waals surface area contributed by atoms with Crippen LogP contribution in [0.15, 0.2) is 54.6 Å². The van der Waals surface area contributed by atoms with Gasteiger partial charge in [0.1, 0.15) is 12.7 Å². The van der Waals surface area contributed by atoms with Crippen molar-refractivity contribution in [2.24, 2.45) is 0 Å². The highest BCUT2D eigenvalue weighted by atomic mass is 16.6. The number of amides is 1. The fourth-order valence-corrected chi connectivity index (χ4v) is 3.10. The average Bonchev–Trinajstić information content (AvgIpc) is 3.14. The van der Waals surface area contributed by atoms with Gasteiger partial charge in [0.2, 0.25) is 5.91 Å². The Morgan fingerprint density at radius 2 is 1.81 bits per heavy atom. The molecule has 0 aromatic heterocycles. The van der Waals surface area contributed by atoms with E-state index in [1.165, 1.54) is 5.56 Å². The third kappa shape index (κ3) is 6.31. The molecule has 9 nitrogen and oxygen atoms in total. The summed E-state index contributed by atoms with van der Waals surface area (Å²) in [7, 11) is 0.